The van der Waals surface area contributed by atoms with E-state index in [1.165, 1.54) is 11.3 Å². The molecular weight excluding hydrogens is 351 g/mol. The second-order valence-electron chi connectivity index (χ2n) is 6.31. The molecule has 3 rings (SSSR count). The molecule has 1 aromatic carbocycles. The fourth-order valence-electron chi connectivity index (χ4n) is 3.40. The number of hydrogen-bond donors (Lipinski definition) is 0. The van der Waals surface area contributed by atoms with Gasteiger partial charge in [0.2, 0.25) is 0 Å². The molecule has 0 radical (unpaired) electrons. The average Bonchev–Trinajstić information content (AvgIpc) is 3.07. The van der Waals surface area contributed by atoms with E-state index in [0.29, 0.717) is 12.2 Å². The van der Waals surface area contributed by atoms with Crippen molar-refractivity contribution in [2.75, 3.05) is 20.2 Å². The number of rotatable bonds is 2. The quantitative estimate of drug-likeness (QED) is 0.801. The maximum absolute atomic E-state index is 13.0. The molecule has 134 valence electrons. The highest BCUT2D eigenvalue weighted by Crippen LogP contribution is 2.41. The number of carbonyl (C=O) groups is 1. The first kappa shape index (κ1) is 17.8. The number of carbonyl (C=O) groups excluding carboxylic acids is 1. The van der Waals surface area contributed by atoms with Crippen LogP contribution in [0.1, 0.15) is 22.9 Å². The molecule has 1 unspecified atom stereocenters. The van der Waals surface area contributed by atoms with Gasteiger partial charge in [-0.25, -0.2) is 0 Å². The van der Waals surface area contributed by atoms with Gasteiger partial charge < -0.3 is 9.64 Å². The van der Waals surface area contributed by atoms with Gasteiger partial charge >= 0.3 is 12.1 Å². The molecule has 1 aliphatic heterocycles. The van der Waals surface area contributed by atoms with Gasteiger partial charge in [-0.15, -0.1) is 11.3 Å². The van der Waals surface area contributed by atoms with Crippen molar-refractivity contribution in [1.29, 1.82) is 0 Å². The van der Waals surface area contributed by atoms with Crippen LogP contribution in [-0.4, -0.2) is 37.2 Å². The lowest BCUT2D eigenvalue weighted by atomic mass is 9.78. The Balaban J connectivity index is 2.10. The second kappa shape index (κ2) is 6.37. The maximum Gasteiger partial charge on any atom is 0.471 e. The monoisotopic (exact) mass is 369 g/mol. The molecule has 0 saturated heterocycles. The fourth-order valence-corrected chi connectivity index (χ4v) is 4.29. The smallest absolute Gasteiger partial charge is 0.471 e. The third-order valence-corrected chi connectivity index (χ3v) is 5.79. The number of ether oxygens (including phenoxy) is 1. The van der Waals surface area contributed by atoms with E-state index in [1.807, 2.05) is 42.6 Å². The van der Waals surface area contributed by atoms with Crippen molar-refractivity contribution in [1.82, 2.24) is 4.90 Å². The van der Waals surface area contributed by atoms with E-state index < -0.39 is 17.5 Å². The molecule has 0 saturated carbocycles. The van der Waals surface area contributed by atoms with E-state index in [0.717, 1.165) is 20.9 Å². The molecule has 1 atom stereocenters. The second-order valence-corrected chi connectivity index (χ2v) is 7.25. The zero-order valence-electron chi connectivity index (χ0n) is 13.9. The summed E-state index contributed by atoms with van der Waals surface area (Å²) in [7, 11) is 1.55. The minimum absolute atomic E-state index is 0.00874. The average molecular weight is 369 g/mol. The van der Waals surface area contributed by atoms with Crippen molar-refractivity contribution in [2.45, 2.75) is 24.9 Å². The number of nitrogens with zero attached hydrogens (tertiary/aromatic N) is 1. The first-order valence-electron chi connectivity index (χ1n) is 7.83. The number of thiophene rings is 1. The van der Waals surface area contributed by atoms with Gasteiger partial charge in [-0.2, -0.15) is 13.2 Å². The van der Waals surface area contributed by atoms with Crippen molar-refractivity contribution in [3.05, 3.63) is 51.7 Å². The SMILES string of the molecule is COc1ccc2c(c1)CCN(C(=O)C(F)(F)F)CC2(C)c1cccs1. The standard InChI is InChI=1S/C18H18F3NO2S/c1-17(15-4-3-9-25-15)11-22(16(23)18(19,20)21)8-7-12-10-13(24-2)5-6-14(12)17/h3-6,9-10H,7-8,11H2,1-2H3. The van der Waals surface area contributed by atoms with Crippen LogP contribution in [-0.2, 0) is 16.6 Å². The molecule has 1 aliphatic rings. The fraction of sp³-hybridized carbons (Fsp3) is 0.389. The van der Waals surface area contributed by atoms with Gasteiger partial charge in [-0.3, -0.25) is 4.79 Å². The van der Waals surface area contributed by atoms with Gasteiger partial charge in [0.25, 0.3) is 0 Å². The molecule has 7 heteroatoms. The Hall–Kier alpha value is -2.02. The third kappa shape index (κ3) is 3.25. The van der Waals surface area contributed by atoms with Crippen LogP contribution in [0.2, 0.25) is 0 Å². The largest absolute Gasteiger partial charge is 0.497 e. The third-order valence-electron chi connectivity index (χ3n) is 4.66. The number of alkyl halides is 3. The molecule has 0 spiro atoms. The summed E-state index contributed by atoms with van der Waals surface area (Å²) in [6.07, 6.45) is -4.51. The lowest BCUT2D eigenvalue weighted by molar-refractivity contribution is -0.185. The van der Waals surface area contributed by atoms with Gasteiger partial charge in [0.05, 0.1) is 7.11 Å². The highest BCUT2D eigenvalue weighted by atomic mass is 32.1. The topological polar surface area (TPSA) is 29.5 Å². The summed E-state index contributed by atoms with van der Waals surface area (Å²) in [6, 6.07) is 9.33. The van der Waals surface area contributed by atoms with Crippen LogP contribution in [0.5, 0.6) is 5.75 Å². The first-order chi connectivity index (χ1) is 11.8. The van der Waals surface area contributed by atoms with Crippen LogP contribution in [0, 0.1) is 0 Å². The molecule has 1 aromatic heterocycles. The lowest BCUT2D eigenvalue weighted by Crippen LogP contribution is -2.47. The van der Waals surface area contributed by atoms with E-state index in [4.69, 9.17) is 4.74 Å². The van der Waals surface area contributed by atoms with E-state index in [1.54, 1.807) is 7.11 Å². The van der Waals surface area contributed by atoms with Crippen LogP contribution in [0.4, 0.5) is 13.2 Å². The maximum atomic E-state index is 13.0. The number of fused-ring (bicyclic) bond motifs is 1. The van der Waals surface area contributed by atoms with E-state index >= 15 is 0 Å². The van der Waals surface area contributed by atoms with Gasteiger partial charge in [-0.1, -0.05) is 12.1 Å². The summed E-state index contributed by atoms with van der Waals surface area (Å²) < 4.78 is 44.2. The summed E-state index contributed by atoms with van der Waals surface area (Å²) in [5.41, 5.74) is 1.15. The Bertz CT molecular complexity index is 773. The van der Waals surface area contributed by atoms with Crippen LogP contribution >= 0.6 is 11.3 Å². The number of methoxy groups -OCH3 is 1. The molecule has 3 nitrogen and oxygen atoms in total. The molecular formula is C18H18F3NO2S. The molecule has 2 heterocycles. The van der Waals surface area contributed by atoms with E-state index in [-0.39, 0.29) is 13.1 Å². The first-order valence-corrected chi connectivity index (χ1v) is 8.71. The highest BCUT2D eigenvalue weighted by Gasteiger charge is 2.46. The summed E-state index contributed by atoms with van der Waals surface area (Å²) >= 11 is 1.48. The zero-order chi connectivity index (χ0) is 18.2. The van der Waals surface area contributed by atoms with Crippen molar-refractivity contribution in [3.63, 3.8) is 0 Å². The summed E-state index contributed by atoms with van der Waals surface area (Å²) in [6.45, 7) is 1.91. The van der Waals surface area contributed by atoms with Crippen molar-refractivity contribution < 1.29 is 22.7 Å². The lowest BCUT2D eigenvalue weighted by Gasteiger charge is -2.34. The molecule has 0 fully saturated rings. The molecule has 0 bridgehead atoms. The Morgan fingerprint density at radius 1 is 1.32 bits per heavy atom. The predicted molar refractivity (Wildman–Crippen MR) is 90.1 cm³/mol. The Morgan fingerprint density at radius 3 is 2.68 bits per heavy atom. The normalized spacial score (nSPS) is 20.8. The van der Waals surface area contributed by atoms with Crippen molar-refractivity contribution >= 4 is 17.2 Å². The Labute approximate surface area is 148 Å². The summed E-state index contributed by atoms with van der Waals surface area (Å²) in [4.78, 5) is 13.7. The van der Waals surface area contributed by atoms with E-state index in [2.05, 4.69) is 0 Å². The molecule has 25 heavy (non-hydrogen) atoms. The number of amides is 1. The molecule has 0 aliphatic carbocycles. The number of halogens is 3. The predicted octanol–water partition coefficient (Wildman–Crippen LogP) is 4.01. The van der Waals surface area contributed by atoms with Gasteiger partial charge in [0, 0.05) is 23.4 Å². The summed E-state index contributed by atoms with van der Waals surface area (Å²) in [5, 5.41) is 1.89. The van der Waals surface area contributed by atoms with E-state index in [9.17, 15) is 18.0 Å². The number of hydrogen-bond acceptors (Lipinski definition) is 3. The van der Waals surface area contributed by atoms with Crippen LogP contribution < -0.4 is 4.74 Å². The van der Waals surface area contributed by atoms with Crippen LogP contribution in [0.25, 0.3) is 0 Å². The van der Waals surface area contributed by atoms with Crippen LogP contribution in [0.3, 0.4) is 0 Å². The Morgan fingerprint density at radius 2 is 2.08 bits per heavy atom. The van der Waals surface area contributed by atoms with Gasteiger partial charge in [0.15, 0.2) is 0 Å². The van der Waals surface area contributed by atoms with Crippen molar-refractivity contribution in [2.24, 2.45) is 0 Å². The van der Waals surface area contributed by atoms with Crippen LogP contribution in [0.15, 0.2) is 35.7 Å². The van der Waals surface area contributed by atoms with Gasteiger partial charge in [0.1, 0.15) is 5.75 Å². The van der Waals surface area contributed by atoms with Crippen molar-refractivity contribution in [3.8, 4) is 5.75 Å². The minimum atomic E-state index is -4.87. The highest BCUT2D eigenvalue weighted by molar-refractivity contribution is 7.10. The zero-order valence-corrected chi connectivity index (χ0v) is 14.7. The molecule has 2 aromatic rings. The van der Waals surface area contributed by atoms with Gasteiger partial charge in [-0.05, 0) is 48.1 Å². The molecule has 1 amide bonds. The summed E-state index contributed by atoms with van der Waals surface area (Å²) in [5.74, 6) is -1.13. The molecule has 0 N–H and O–H groups in total. The Kier molecular flexibility index (Phi) is 4.53. The number of benzene rings is 1. The minimum Gasteiger partial charge on any atom is -0.497 e.